The van der Waals surface area contributed by atoms with E-state index in [9.17, 15) is 4.39 Å². The summed E-state index contributed by atoms with van der Waals surface area (Å²) in [7, 11) is 4.11. The normalized spacial score (nSPS) is 12.6. The van der Waals surface area contributed by atoms with Crippen LogP contribution in [0.3, 0.4) is 0 Å². The first-order chi connectivity index (χ1) is 10.3. The fourth-order valence-electron chi connectivity index (χ4n) is 1.77. The number of hydrogen-bond donors (Lipinski definition) is 2. The molecule has 0 aliphatic rings. The van der Waals surface area contributed by atoms with Gasteiger partial charge in [0, 0.05) is 18.6 Å². The second kappa shape index (κ2) is 8.73. The monoisotopic (exact) mass is 308 g/mol. The van der Waals surface area contributed by atoms with Gasteiger partial charge in [-0.1, -0.05) is 12.1 Å². The molecule has 2 N–H and O–H groups in total. The molecule has 0 saturated heterocycles. The summed E-state index contributed by atoms with van der Waals surface area (Å²) < 4.78 is 13.1. The van der Waals surface area contributed by atoms with Gasteiger partial charge in [-0.15, -0.1) is 0 Å². The Morgan fingerprint density at radius 1 is 1.27 bits per heavy atom. The summed E-state index contributed by atoms with van der Waals surface area (Å²) in [5.41, 5.74) is 0.988. The first kappa shape index (κ1) is 18.4. The number of halogens is 1. The Morgan fingerprint density at radius 3 is 2.59 bits per heavy atom. The number of hydrogen-bond acceptors (Lipinski definition) is 2. The number of guanidine groups is 1. The maximum absolute atomic E-state index is 13.1. The van der Waals surface area contributed by atoms with E-state index in [1.807, 2.05) is 13.0 Å². The first-order valence-corrected chi connectivity index (χ1v) is 7.79. The fraction of sp³-hybridized carbons (Fsp3) is 0.588. The van der Waals surface area contributed by atoms with Crippen molar-refractivity contribution in [2.24, 2.45) is 4.99 Å². The molecule has 0 radical (unpaired) electrons. The van der Waals surface area contributed by atoms with Gasteiger partial charge in [0.25, 0.3) is 0 Å². The summed E-state index contributed by atoms with van der Waals surface area (Å²) in [6.45, 7) is 8.60. The molecule has 124 valence electrons. The molecule has 0 saturated carbocycles. The van der Waals surface area contributed by atoms with E-state index in [2.05, 4.69) is 48.5 Å². The number of benzene rings is 1. The van der Waals surface area contributed by atoms with Crippen molar-refractivity contribution >= 4 is 5.96 Å². The minimum absolute atomic E-state index is 0.00487. The zero-order chi connectivity index (χ0) is 16.6. The Bertz CT molecular complexity index is 483. The number of nitrogens with one attached hydrogen (secondary N) is 2. The van der Waals surface area contributed by atoms with E-state index < -0.39 is 0 Å². The van der Waals surface area contributed by atoms with Gasteiger partial charge in [0.2, 0.25) is 0 Å². The average Bonchev–Trinajstić information content (AvgIpc) is 2.44. The number of aliphatic imine (C=N–C) groups is 1. The van der Waals surface area contributed by atoms with E-state index in [0.29, 0.717) is 6.54 Å². The van der Waals surface area contributed by atoms with E-state index >= 15 is 0 Å². The molecular weight excluding hydrogens is 279 g/mol. The molecule has 0 heterocycles. The van der Waals surface area contributed by atoms with Crippen molar-refractivity contribution in [1.82, 2.24) is 15.5 Å². The minimum atomic E-state index is -0.189. The van der Waals surface area contributed by atoms with Crippen LogP contribution in [0, 0.1) is 5.82 Å². The Hall–Kier alpha value is -1.62. The van der Waals surface area contributed by atoms with Crippen molar-refractivity contribution in [1.29, 1.82) is 0 Å². The van der Waals surface area contributed by atoms with Crippen LogP contribution in [-0.4, -0.2) is 50.1 Å². The van der Waals surface area contributed by atoms with Crippen LogP contribution in [0.2, 0.25) is 0 Å². The highest BCUT2D eigenvalue weighted by Gasteiger charge is 2.19. The van der Waals surface area contributed by atoms with Crippen LogP contribution in [0.1, 0.15) is 26.3 Å². The smallest absolute Gasteiger partial charge is 0.191 e. The predicted molar refractivity (Wildman–Crippen MR) is 91.9 cm³/mol. The third kappa shape index (κ3) is 6.43. The average molecular weight is 308 g/mol. The van der Waals surface area contributed by atoms with E-state index in [1.54, 1.807) is 12.1 Å². The summed E-state index contributed by atoms with van der Waals surface area (Å²) in [4.78, 5) is 6.79. The van der Waals surface area contributed by atoms with Gasteiger partial charge in [0.1, 0.15) is 5.82 Å². The third-order valence-corrected chi connectivity index (χ3v) is 3.77. The van der Waals surface area contributed by atoms with Crippen molar-refractivity contribution in [2.45, 2.75) is 32.7 Å². The largest absolute Gasteiger partial charge is 0.357 e. The van der Waals surface area contributed by atoms with Crippen LogP contribution < -0.4 is 10.6 Å². The number of rotatable bonds is 7. The molecule has 0 amide bonds. The second-order valence-corrected chi connectivity index (χ2v) is 6.21. The van der Waals surface area contributed by atoms with Crippen molar-refractivity contribution in [3.05, 3.63) is 35.6 Å². The molecule has 1 aromatic carbocycles. The highest BCUT2D eigenvalue weighted by molar-refractivity contribution is 5.79. The fourth-order valence-corrected chi connectivity index (χ4v) is 1.77. The molecule has 0 aliphatic heterocycles. The maximum Gasteiger partial charge on any atom is 0.191 e. The molecule has 0 aliphatic carbocycles. The predicted octanol–water partition coefficient (Wildman–Crippen LogP) is 2.26. The van der Waals surface area contributed by atoms with Crippen LogP contribution in [-0.2, 0) is 6.42 Å². The molecule has 0 atom stereocenters. The highest BCUT2D eigenvalue weighted by atomic mass is 19.1. The third-order valence-electron chi connectivity index (χ3n) is 3.77. The molecule has 0 fully saturated rings. The summed E-state index contributed by atoms with van der Waals surface area (Å²) in [6.07, 6.45) is 0.763. The van der Waals surface area contributed by atoms with Gasteiger partial charge in [-0.3, -0.25) is 4.99 Å². The van der Waals surface area contributed by atoms with Gasteiger partial charge >= 0.3 is 0 Å². The molecule has 5 heteroatoms. The lowest BCUT2D eigenvalue weighted by atomic mass is 10.1. The van der Waals surface area contributed by atoms with Gasteiger partial charge in [0.05, 0.1) is 6.54 Å². The van der Waals surface area contributed by atoms with Crippen molar-refractivity contribution in [3.63, 3.8) is 0 Å². The summed E-state index contributed by atoms with van der Waals surface area (Å²) in [5, 5.41) is 6.54. The van der Waals surface area contributed by atoms with Crippen LogP contribution in [0.15, 0.2) is 29.3 Å². The Kier molecular flexibility index (Phi) is 7.32. The van der Waals surface area contributed by atoms with Crippen molar-refractivity contribution in [3.8, 4) is 0 Å². The molecule has 0 spiro atoms. The summed E-state index contributed by atoms with van der Waals surface area (Å²) in [5.74, 6) is 0.611. The lowest BCUT2D eigenvalue weighted by Crippen LogP contribution is -2.44. The zero-order valence-corrected chi connectivity index (χ0v) is 14.4. The zero-order valence-electron chi connectivity index (χ0n) is 14.4. The van der Waals surface area contributed by atoms with E-state index in [1.165, 1.54) is 6.07 Å². The van der Waals surface area contributed by atoms with Gasteiger partial charge in [-0.25, -0.2) is 4.39 Å². The summed E-state index contributed by atoms with van der Waals surface area (Å²) in [6, 6.07) is 6.71. The molecule has 1 aromatic rings. The van der Waals surface area contributed by atoms with E-state index in [0.717, 1.165) is 31.0 Å². The quantitative estimate of drug-likeness (QED) is 0.599. The SMILES string of the molecule is CCNC(=NCC(C)(C)N(C)C)NCCc1cccc(F)c1. The minimum Gasteiger partial charge on any atom is -0.357 e. The van der Waals surface area contributed by atoms with Gasteiger partial charge in [0.15, 0.2) is 5.96 Å². The van der Waals surface area contributed by atoms with Crippen molar-refractivity contribution in [2.75, 3.05) is 33.7 Å². The first-order valence-electron chi connectivity index (χ1n) is 7.79. The van der Waals surface area contributed by atoms with E-state index in [4.69, 9.17) is 0 Å². The Balaban J connectivity index is 2.53. The molecule has 1 rings (SSSR count). The molecule has 4 nitrogen and oxygen atoms in total. The lowest BCUT2D eigenvalue weighted by molar-refractivity contribution is 0.204. The molecule has 0 aromatic heterocycles. The van der Waals surface area contributed by atoms with E-state index in [-0.39, 0.29) is 11.4 Å². The number of nitrogens with zero attached hydrogens (tertiary/aromatic N) is 2. The standard InChI is InChI=1S/C17H29FN4/c1-6-19-16(21-13-17(2,3)22(4)5)20-11-10-14-8-7-9-15(18)12-14/h7-9,12H,6,10-11,13H2,1-5H3,(H2,19,20,21). The van der Waals surface area contributed by atoms with Crippen molar-refractivity contribution < 1.29 is 4.39 Å². The number of likely N-dealkylation sites (N-methyl/N-ethyl adjacent to an activating group) is 1. The van der Waals surface area contributed by atoms with Crippen LogP contribution in [0.25, 0.3) is 0 Å². The molecule has 0 unspecified atom stereocenters. The van der Waals surface area contributed by atoms with Crippen LogP contribution >= 0.6 is 0 Å². The topological polar surface area (TPSA) is 39.7 Å². The second-order valence-electron chi connectivity index (χ2n) is 6.21. The van der Waals surface area contributed by atoms with Gasteiger partial charge in [-0.05, 0) is 59.0 Å². The Labute approximate surface area is 133 Å². The molecule has 0 bridgehead atoms. The molecule has 22 heavy (non-hydrogen) atoms. The van der Waals surface area contributed by atoms with Gasteiger partial charge < -0.3 is 15.5 Å². The van der Waals surface area contributed by atoms with Crippen LogP contribution in [0.4, 0.5) is 4.39 Å². The van der Waals surface area contributed by atoms with Crippen LogP contribution in [0.5, 0.6) is 0 Å². The molecular formula is C17H29FN4. The summed E-state index contributed by atoms with van der Waals surface area (Å²) >= 11 is 0. The van der Waals surface area contributed by atoms with Gasteiger partial charge in [-0.2, -0.15) is 0 Å². The lowest BCUT2D eigenvalue weighted by Gasteiger charge is -2.31. The highest BCUT2D eigenvalue weighted by Crippen LogP contribution is 2.09. The maximum atomic E-state index is 13.1. The Morgan fingerprint density at radius 2 is 2.00 bits per heavy atom.